The van der Waals surface area contributed by atoms with E-state index in [9.17, 15) is 14.4 Å². The van der Waals surface area contributed by atoms with Crippen LogP contribution in [-0.2, 0) is 4.79 Å². The molecule has 0 saturated carbocycles. The standard InChI is InChI=1S/C19H19N3O4S/c1-12-17(23)20-14-11-13(4-5-16(14)27-12)18(24)21-6-8-22(9-7-21)19(25)15-3-2-10-26-15/h2-5,10-12H,6-9H2,1H3,(H,20,23)/t12-/m1/s1. The van der Waals surface area contributed by atoms with E-state index in [4.69, 9.17) is 4.42 Å². The molecule has 0 unspecified atom stereocenters. The Morgan fingerprint density at radius 1 is 1.11 bits per heavy atom. The molecule has 7 nitrogen and oxygen atoms in total. The summed E-state index contributed by atoms with van der Waals surface area (Å²) in [5.74, 6) is 0.00425. The lowest BCUT2D eigenvalue weighted by molar-refractivity contribution is -0.115. The summed E-state index contributed by atoms with van der Waals surface area (Å²) < 4.78 is 5.15. The number of amides is 3. The zero-order valence-electron chi connectivity index (χ0n) is 14.8. The van der Waals surface area contributed by atoms with Crippen LogP contribution in [0.15, 0.2) is 45.9 Å². The predicted octanol–water partition coefficient (Wildman–Crippen LogP) is 2.31. The smallest absolute Gasteiger partial charge is 0.289 e. The third-order valence-corrected chi connectivity index (χ3v) is 5.92. The number of thioether (sulfide) groups is 1. The first-order valence-electron chi connectivity index (χ1n) is 8.76. The Morgan fingerprint density at radius 3 is 2.48 bits per heavy atom. The van der Waals surface area contributed by atoms with Gasteiger partial charge in [-0.2, -0.15) is 0 Å². The number of benzene rings is 1. The second kappa shape index (κ2) is 7.11. The SMILES string of the molecule is C[C@H]1Sc2ccc(C(=O)N3CCN(C(=O)c4ccco4)CC3)cc2NC1=O. The van der Waals surface area contributed by atoms with Gasteiger partial charge in [-0.05, 0) is 37.3 Å². The fourth-order valence-corrected chi connectivity index (χ4v) is 4.12. The summed E-state index contributed by atoms with van der Waals surface area (Å²) in [6.07, 6.45) is 1.47. The van der Waals surface area contributed by atoms with E-state index < -0.39 is 0 Å². The summed E-state index contributed by atoms with van der Waals surface area (Å²) in [6.45, 7) is 3.69. The Morgan fingerprint density at radius 2 is 1.81 bits per heavy atom. The summed E-state index contributed by atoms with van der Waals surface area (Å²) in [5, 5.41) is 2.71. The first-order chi connectivity index (χ1) is 13.0. The minimum Gasteiger partial charge on any atom is -0.459 e. The highest BCUT2D eigenvalue weighted by Gasteiger charge is 2.28. The minimum atomic E-state index is -0.158. The van der Waals surface area contributed by atoms with Crippen LogP contribution in [0.2, 0.25) is 0 Å². The molecule has 2 aliphatic rings. The van der Waals surface area contributed by atoms with Crippen molar-refractivity contribution in [2.45, 2.75) is 17.1 Å². The van der Waals surface area contributed by atoms with Crippen LogP contribution >= 0.6 is 11.8 Å². The molecule has 1 aromatic carbocycles. The van der Waals surface area contributed by atoms with E-state index in [1.54, 1.807) is 34.1 Å². The first-order valence-corrected chi connectivity index (χ1v) is 9.64. The Bertz CT molecular complexity index is 888. The lowest BCUT2D eigenvalue weighted by atomic mass is 10.1. The van der Waals surface area contributed by atoms with E-state index in [1.807, 2.05) is 13.0 Å². The summed E-state index contributed by atoms with van der Waals surface area (Å²) >= 11 is 1.49. The van der Waals surface area contributed by atoms with Gasteiger partial charge < -0.3 is 19.5 Å². The molecule has 4 rings (SSSR count). The molecule has 140 valence electrons. The van der Waals surface area contributed by atoms with Crippen molar-refractivity contribution in [2.24, 2.45) is 0 Å². The summed E-state index contributed by atoms with van der Waals surface area (Å²) in [7, 11) is 0. The number of hydrogen-bond acceptors (Lipinski definition) is 5. The van der Waals surface area contributed by atoms with E-state index in [-0.39, 0.29) is 23.0 Å². The molecule has 1 atom stereocenters. The predicted molar refractivity (Wildman–Crippen MR) is 101 cm³/mol. The van der Waals surface area contributed by atoms with Crippen molar-refractivity contribution < 1.29 is 18.8 Å². The molecule has 3 heterocycles. The summed E-state index contributed by atoms with van der Waals surface area (Å²) in [4.78, 5) is 41.4. The number of rotatable bonds is 2. The third-order valence-electron chi connectivity index (χ3n) is 4.74. The van der Waals surface area contributed by atoms with Gasteiger partial charge >= 0.3 is 0 Å². The molecule has 0 aliphatic carbocycles. The molecule has 27 heavy (non-hydrogen) atoms. The average Bonchev–Trinajstić information content (AvgIpc) is 3.22. The Balaban J connectivity index is 1.42. The number of anilines is 1. The van der Waals surface area contributed by atoms with Crippen molar-refractivity contribution >= 4 is 35.2 Å². The van der Waals surface area contributed by atoms with Crippen molar-refractivity contribution in [3.05, 3.63) is 47.9 Å². The molecule has 1 fully saturated rings. The maximum atomic E-state index is 12.8. The first kappa shape index (κ1) is 17.7. The van der Waals surface area contributed by atoms with Crippen molar-refractivity contribution in [1.82, 2.24) is 9.80 Å². The molecule has 1 N–H and O–H groups in total. The van der Waals surface area contributed by atoms with Gasteiger partial charge in [0.05, 0.1) is 17.2 Å². The van der Waals surface area contributed by atoms with Gasteiger partial charge in [0.15, 0.2) is 5.76 Å². The number of carbonyl (C=O) groups excluding carboxylic acids is 3. The maximum Gasteiger partial charge on any atom is 0.289 e. The topological polar surface area (TPSA) is 82.9 Å². The van der Waals surface area contributed by atoms with E-state index in [0.717, 1.165) is 4.90 Å². The van der Waals surface area contributed by atoms with Gasteiger partial charge in [-0.25, -0.2) is 0 Å². The number of furan rings is 1. The largest absolute Gasteiger partial charge is 0.459 e. The van der Waals surface area contributed by atoms with Gasteiger partial charge in [-0.1, -0.05) is 0 Å². The molecule has 0 spiro atoms. The van der Waals surface area contributed by atoms with Gasteiger partial charge in [0.1, 0.15) is 0 Å². The highest BCUT2D eigenvalue weighted by molar-refractivity contribution is 8.00. The van der Waals surface area contributed by atoms with Gasteiger partial charge in [0.25, 0.3) is 11.8 Å². The van der Waals surface area contributed by atoms with Crippen LogP contribution in [0.3, 0.4) is 0 Å². The second-order valence-electron chi connectivity index (χ2n) is 6.52. The summed E-state index contributed by atoms with van der Waals surface area (Å²) in [6, 6.07) is 8.72. The van der Waals surface area contributed by atoms with Crippen molar-refractivity contribution in [2.75, 3.05) is 31.5 Å². The van der Waals surface area contributed by atoms with Crippen LogP contribution in [0.4, 0.5) is 5.69 Å². The highest BCUT2D eigenvalue weighted by atomic mass is 32.2. The maximum absolute atomic E-state index is 12.8. The van der Waals surface area contributed by atoms with Crippen LogP contribution in [0.1, 0.15) is 27.8 Å². The quantitative estimate of drug-likeness (QED) is 0.858. The molecule has 2 aliphatic heterocycles. The number of nitrogens with one attached hydrogen (secondary N) is 1. The van der Waals surface area contributed by atoms with Crippen molar-refractivity contribution in [3.63, 3.8) is 0 Å². The molecular formula is C19H19N3O4S. The molecular weight excluding hydrogens is 366 g/mol. The van der Waals surface area contributed by atoms with E-state index >= 15 is 0 Å². The number of nitrogens with zero attached hydrogens (tertiary/aromatic N) is 2. The number of piperazine rings is 1. The van der Waals surface area contributed by atoms with Crippen LogP contribution in [0, 0.1) is 0 Å². The Labute approximate surface area is 160 Å². The molecule has 0 bridgehead atoms. The highest BCUT2D eigenvalue weighted by Crippen LogP contribution is 2.36. The van der Waals surface area contributed by atoms with Crippen LogP contribution in [-0.4, -0.2) is 59.0 Å². The second-order valence-corrected chi connectivity index (χ2v) is 7.90. The molecule has 1 saturated heterocycles. The Kier molecular flexibility index (Phi) is 4.65. The van der Waals surface area contributed by atoms with Crippen LogP contribution in [0.25, 0.3) is 0 Å². The summed E-state index contributed by atoms with van der Waals surface area (Å²) in [5.41, 5.74) is 1.22. The molecule has 1 aromatic heterocycles. The Hall–Kier alpha value is -2.74. The van der Waals surface area contributed by atoms with E-state index in [0.29, 0.717) is 43.2 Å². The monoisotopic (exact) mass is 385 g/mol. The van der Waals surface area contributed by atoms with Crippen molar-refractivity contribution in [1.29, 1.82) is 0 Å². The number of fused-ring (bicyclic) bond motifs is 1. The third kappa shape index (κ3) is 3.44. The van der Waals surface area contributed by atoms with Crippen LogP contribution < -0.4 is 5.32 Å². The van der Waals surface area contributed by atoms with Gasteiger partial charge in [0, 0.05) is 36.6 Å². The molecule has 0 radical (unpaired) electrons. The molecule has 8 heteroatoms. The lowest BCUT2D eigenvalue weighted by Gasteiger charge is -2.34. The van der Waals surface area contributed by atoms with Gasteiger partial charge in [-0.3, -0.25) is 14.4 Å². The van der Waals surface area contributed by atoms with Crippen molar-refractivity contribution in [3.8, 4) is 0 Å². The normalized spacial score (nSPS) is 19.4. The molecule has 3 amide bonds. The van der Waals surface area contributed by atoms with E-state index in [1.165, 1.54) is 18.0 Å². The fourth-order valence-electron chi connectivity index (χ4n) is 3.19. The lowest BCUT2D eigenvalue weighted by Crippen LogP contribution is -2.50. The zero-order valence-corrected chi connectivity index (χ0v) is 15.6. The van der Waals surface area contributed by atoms with Gasteiger partial charge in [-0.15, -0.1) is 11.8 Å². The zero-order chi connectivity index (χ0) is 19.0. The van der Waals surface area contributed by atoms with Gasteiger partial charge in [0.2, 0.25) is 5.91 Å². The number of carbonyl (C=O) groups is 3. The number of hydrogen-bond donors (Lipinski definition) is 1. The fraction of sp³-hybridized carbons (Fsp3) is 0.316. The minimum absolute atomic E-state index is 0.0536. The van der Waals surface area contributed by atoms with E-state index in [2.05, 4.69) is 5.32 Å². The average molecular weight is 385 g/mol. The molecule has 2 aromatic rings. The van der Waals surface area contributed by atoms with Crippen LogP contribution in [0.5, 0.6) is 0 Å².